The topological polar surface area (TPSA) is 76.2 Å². The van der Waals surface area contributed by atoms with E-state index in [4.69, 9.17) is 10.8 Å². The minimum absolute atomic E-state index is 0.621. The van der Waals surface area contributed by atoms with Crippen molar-refractivity contribution in [3.05, 3.63) is 29.6 Å². The number of pyridine rings is 1. The lowest BCUT2D eigenvalue weighted by Gasteiger charge is -2.30. The summed E-state index contributed by atoms with van der Waals surface area (Å²) in [6.07, 6.45) is 1.68. The standard InChI is InChI=1S/C11H16N2O2/c1-7-8(5-4-6-13-7)11(2,3)9(12)10(14)15/h4-6,9H,12H2,1-3H3,(H,14,15). The Labute approximate surface area is 89.1 Å². The molecule has 0 saturated carbocycles. The van der Waals surface area contributed by atoms with Gasteiger partial charge < -0.3 is 10.8 Å². The van der Waals surface area contributed by atoms with Crippen molar-refractivity contribution in [2.24, 2.45) is 5.73 Å². The van der Waals surface area contributed by atoms with Crippen LogP contribution in [0.2, 0.25) is 0 Å². The zero-order valence-electron chi connectivity index (χ0n) is 9.19. The second-order valence-electron chi connectivity index (χ2n) is 4.17. The lowest BCUT2D eigenvalue weighted by molar-refractivity contribution is -0.140. The highest BCUT2D eigenvalue weighted by atomic mass is 16.4. The maximum Gasteiger partial charge on any atom is 0.321 e. The van der Waals surface area contributed by atoms with Crippen LogP contribution < -0.4 is 5.73 Å². The number of aromatic nitrogens is 1. The van der Waals surface area contributed by atoms with Crippen LogP contribution in [-0.2, 0) is 10.2 Å². The zero-order valence-corrected chi connectivity index (χ0v) is 9.19. The predicted molar refractivity (Wildman–Crippen MR) is 57.6 cm³/mol. The van der Waals surface area contributed by atoms with E-state index in [1.165, 1.54) is 0 Å². The number of aryl methyl sites for hydroxylation is 1. The van der Waals surface area contributed by atoms with Crippen LogP contribution in [0.5, 0.6) is 0 Å². The molecule has 4 nitrogen and oxygen atoms in total. The van der Waals surface area contributed by atoms with E-state index < -0.39 is 17.4 Å². The summed E-state index contributed by atoms with van der Waals surface area (Å²) in [4.78, 5) is 15.0. The quantitative estimate of drug-likeness (QED) is 0.779. The molecule has 0 spiro atoms. The highest BCUT2D eigenvalue weighted by molar-refractivity contribution is 5.75. The van der Waals surface area contributed by atoms with E-state index in [2.05, 4.69) is 4.98 Å². The number of carboxylic acid groups (broad SMARTS) is 1. The third-order valence-corrected chi connectivity index (χ3v) is 2.74. The molecule has 0 fully saturated rings. The minimum Gasteiger partial charge on any atom is -0.480 e. The fourth-order valence-electron chi connectivity index (χ4n) is 1.64. The van der Waals surface area contributed by atoms with Gasteiger partial charge in [0.15, 0.2) is 0 Å². The molecule has 0 saturated heterocycles. The molecule has 4 heteroatoms. The zero-order chi connectivity index (χ0) is 11.6. The van der Waals surface area contributed by atoms with Crippen molar-refractivity contribution in [1.82, 2.24) is 4.98 Å². The number of hydrogen-bond acceptors (Lipinski definition) is 3. The Bertz CT molecular complexity index is 375. The third-order valence-electron chi connectivity index (χ3n) is 2.74. The van der Waals surface area contributed by atoms with Gasteiger partial charge in [0.2, 0.25) is 0 Å². The Hall–Kier alpha value is -1.42. The fourth-order valence-corrected chi connectivity index (χ4v) is 1.64. The molecule has 0 bridgehead atoms. The number of carboxylic acids is 1. The Morgan fingerprint density at radius 2 is 2.20 bits per heavy atom. The SMILES string of the molecule is Cc1ncccc1C(C)(C)C(N)C(=O)O. The molecule has 0 aliphatic heterocycles. The van der Waals surface area contributed by atoms with Gasteiger partial charge in [-0.15, -0.1) is 0 Å². The van der Waals surface area contributed by atoms with Crippen LogP contribution in [0.15, 0.2) is 18.3 Å². The first-order chi connectivity index (χ1) is 6.87. The summed E-state index contributed by atoms with van der Waals surface area (Å²) in [6.45, 7) is 5.48. The number of rotatable bonds is 3. The third kappa shape index (κ3) is 2.15. The van der Waals surface area contributed by atoms with Crippen molar-refractivity contribution in [1.29, 1.82) is 0 Å². The van der Waals surface area contributed by atoms with E-state index in [1.54, 1.807) is 12.3 Å². The first-order valence-electron chi connectivity index (χ1n) is 4.78. The highest BCUT2D eigenvalue weighted by Gasteiger charge is 2.34. The van der Waals surface area contributed by atoms with Crippen molar-refractivity contribution < 1.29 is 9.90 Å². The molecule has 0 radical (unpaired) electrons. The van der Waals surface area contributed by atoms with E-state index >= 15 is 0 Å². The number of carbonyl (C=O) groups is 1. The molecule has 1 rings (SSSR count). The summed E-state index contributed by atoms with van der Waals surface area (Å²) in [5.74, 6) is -0.997. The molecule has 82 valence electrons. The maximum atomic E-state index is 10.9. The molecule has 1 unspecified atom stereocenters. The van der Waals surface area contributed by atoms with Crippen LogP contribution in [0, 0.1) is 6.92 Å². The minimum atomic E-state index is -0.997. The van der Waals surface area contributed by atoms with E-state index in [9.17, 15) is 4.79 Å². The second kappa shape index (κ2) is 3.98. The summed E-state index contributed by atoms with van der Waals surface area (Å²) in [5, 5.41) is 8.92. The van der Waals surface area contributed by atoms with Gasteiger partial charge in [0.1, 0.15) is 6.04 Å². The van der Waals surface area contributed by atoms with Gasteiger partial charge in [-0.05, 0) is 18.6 Å². The highest BCUT2D eigenvalue weighted by Crippen LogP contribution is 2.27. The molecule has 1 heterocycles. The average Bonchev–Trinajstić information content (AvgIpc) is 2.16. The smallest absolute Gasteiger partial charge is 0.321 e. The number of nitrogens with zero attached hydrogens (tertiary/aromatic N) is 1. The molecular weight excluding hydrogens is 192 g/mol. The van der Waals surface area contributed by atoms with E-state index in [1.807, 2.05) is 26.8 Å². The predicted octanol–water partition coefficient (Wildman–Crippen LogP) is 1.08. The summed E-state index contributed by atoms with van der Waals surface area (Å²) >= 11 is 0. The molecule has 0 aromatic carbocycles. The molecule has 0 aliphatic rings. The van der Waals surface area contributed by atoms with Gasteiger partial charge >= 0.3 is 5.97 Å². The molecule has 1 atom stereocenters. The fraction of sp³-hybridized carbons (Fsp3) is 0.455. The van der Waals surface area contributed by atoms with Crippen LogP contribution in [0.4, 0.5) is 0 Å². The van der Waals surface area contributed by atoms with E-state index in [0.717, 1.165) is 11.3 Å². The number of hydrogen-bond donors (Lipinski definition) is 2. The van der Waals surface area contributed by atoms with E-state index in [0.29, 0.717) is 0 Å². The average molecular weight is 208 g/mol. The molecule has 1 aromatic rings. The molecule has 0 amide bonds. The molecule has 15 heavy (non-hydrogen) atoms. The van der Waals surface area contributed by atoms with Crippen LogP contribution in [-0.4, -0.2) is 22.1 Å². The van der Waals surface area contributed by atoms with Crippen molar-refractivity contribution >= 4 is 5.97 Å². The molecular formula is C11H16N2O2. The van der Waals surface area contributed by atoms with Crippen molar-refractivity contribution in [2.45, 2.75) is 32.2 Å². The molecule has 3 N–H and O–H groups in total. The maximum absolute atomic E-state index is 10.9. The lowest BCUT2D eigenvalue weighted by Crippen LogP contribution is -2.47. The van der Waals surface area contributed by atoms with Crippen LogP contribution in [0.25, 0.3) is 0 Å². The summed E-state index contributed by atoms with van der Waals surface area (Å²) in [7, 11) is 0. The van der Waals surface area contributed by atoms with Gasteiger partial charge in [0.05, 0.1) is 0 Å². The van der Waals surface area contributed by atoms with Crippen LogP contribution >= 0.6 is 0 Å². The monoisotopic (exact) mass is 208 g/mol. The Balaban J connectivity index is 3.16. The summed E-state index contributed by atoms with van der Waals surface area (Å²) in [6, 6.07) is 2.73. The van der Waals surface area contributed by atoms with Gasteiger partial charge in [0.25, 0.3) is 0 Å². The lowest BCUT2D eigenvalue weighted by atomic mass is 9.77. The Morgan fingerprint density at radius 3 is 2.67 bits per heavy atom. The Morgan fingerprint density at radius 1 is 1.60 bits per heavy atom. The van der Waals surface area contributed by atoms with Crippen molar-refractivity contribution in [3.63, 3.8) is 0 Å². The van der Waals surface area contributed by atoms with Gasteiger partial charge in [-0.3, -0.25) is 9.78 Å². The van der Waals surface area contributed by atoms with E-state index in [-0.39, 0.29) is 0 Å². The first kappa shape index (κ1) is 11.7. The second-order valence-corrected chi connectivity index (χ2v) is 4.17. The first-order valence-corrected chi connectivity index (χ1v) is 4.78. The van der Waals surface area contributed by atoms with Crippen LogP contribution in [0.3, 0.4) is 0 Å². The number of nitrogens with two attached hydrogens (primary N) is 1. The Kier molecular flexibility index (Phi) is 3.09. The molecule has 1 aromatic heterocycles. The van der Waals surface area contributed by atoms with Gasteiger partial charge in [-0.1, -0.05) is 19.9 Å². The largest absolute Gasteiger partial charge is 0.480 e. The molecule has 0 aliphatic carbocycles. The van der Waals surface area contributed by atoms with Gasteiger partial charge in [0, 0.05) is 17.3 Å². The number of aliphatic carboxylic acids is 1. The van der Waals surface area contributed by atoms with Crippen molar-refractivity contribution in [2.75, 3.05) is 0 Å². The van der Waals surface area contributed by atoms with Crippen molar-refractivity contribution in [3.8, 4) is 0 Å². The normalized spacial score (nSPS) is 13.6. The van der Waals surface area contributed by atoms with Gasteiger partial charge in [-0.2, -0.15) is 0 Å². The summed E-state index contributed by atoms with van der Waals surface area (Å²) < 4.78 is 0. The summed E-state index contributed by atoms with van der Waals surface area (Å²) in [5.41, 5.74) is 6.74. The van der Waals surface area contributed by atoms with Crippen LogP contribution in [0.1, 0.15) is 25.1 Å². The van der Waals surface area contributed by atoms with Gasteiger partial charge in [-0.25, -0.2) is 0 Å².